The van der Waals surface area contributed by atoms with Gasteiger partial charge in [-0.05, 0) is 18.2 Å². The summed E-state index contributed by atoms with van der Waals surface area (Å²) < 4.78 is 34.2. The van der Waals surface area contributed by atoms with Crippen LogP contribution in [0.25, 0.3) is 0 Å². The molecule has 19 heavy (non-hydrogen) atoms. The second kappa shape index (κ2) is 7.46. The van der Waals surface area contributed by atoms with Crippen molar-refractivity contribution >= 4 is 22.2 Å². The molecule has 0 aromatic heterocycles. The topological polar surface area (TPSA) is 133 Å². The van der Waals surface area contributed by atoms with E-state index in [1.165, 1.54) is 20.3 Å². The zero-order valence-corrected chi connectivity index (χ0v) is 11.0. The molecule has 0 heterocycles. The van der Waals surface area contributed by atoms with Gasteiger partial charge in [-0.2, -0.15) is 8.42 Å². The van der Waals surface area contributed by atoms with Crippen LogP contribution in [0.15, 0.2) is 24.3 Å². The van der Waals surface area contributed by atoms with Crippen LogP contribution in [0, 0.1) is 0 Å². The molecule has 0 fully saturated rings. The van der Waals surface area contributed by atoms with E-state index in [0.29, 0.717) is 11.1 Å². The average Bonchev–Trinajstić information content (AvgIpc) is 2.35. The highest BCUT2D eigenvalue weighted by atomic mass is 32.2. The number of nitrogens with two attached hydrogens (primary N) is 1. The van der Waals surface area contributed by atoms with Gasteiger partial charge in [0.2, 0.25) is 0 Å². The zero-order chi connectivity index (χ0) is 15.1. The minimum Gasteiger partial charge on any atom is -0.465 e. The van der Waals surface area contributed by atoms with E-state index in [-0.39, 0.29) is 0 Å². The van der Waals surface area contributed by atoms with E-state index in [9.17, 15) is 9.59 Å². The van der Waals surface area contributed by atoms with E-state index in [0.717, 1.165) is 0 Å². The number of rotatable bonds is 2. The molecule has 3 N–H and O–H groups in total. The molecule has 0 bridgehead atoms. The lowest BCUT2D eigenvalue weighted by Gasteiger charge is -2.01. The zero-order valence-electron chi connectivity index (χ0n) is 10.2. The van der Waals surface area contributed by atoms with E-state index in [1.54, 1.807) is 18.2 Å². The van der Waals surface area contributed by atoms with Crippen LogP contribution < -0.4 is 5.14 Å². The average molecular weight is 291 g/mol. The molecule has 0 atom stereocenters. The molecule has 0 amide bonds. The third-order valence-electron chi connectivity index (χ3n) is 1.70. The lowest BCUT2D eigenvalue weighted by atomic mass is 10.1. The van der Waals surface area contributed by atoms with Crippen molar-refractivity contribution in [2.45, 2.75) is 0 Å². The van der Waals surface area contributed by atoms with Gasteiger partial charge in [0.25, 0.3) is 0 Å². The van der Waals surface area contributed by atoms with Gasteiger partial charge in [-0.1, -0.05) is 6.07 Å². The van der Waals surface area contributed by atoms with Crippen molar-refractivity contribution in [3.05, 3.63) is 35.4 Å². The monoisotopic (exact) mass is 291 g/mol. The van der Waals surface area contributed by atoms with Gasteiger partial charge in [-0.15, -0.1) is 0 Å². The molecular formula is C10H13NO7S. The predicted octanol–water partition coefficient (Wildman–Crippen LogP) is 0.00770. The Morgan fingerprint density at radius 2 is 1.42 bits per heavy atom. The number of ether oxygens (including phenoxy) is 2. The quantitative estimate of drug-likeness (QED) is 0.579. The van der Waals surface area contributed by atoms with Gasteiger partial charge in [0, 0.05) is 0 Å². The highest BCUT2D eigenvalue weighted by Gasteiger charge is 2.09. The minimum atomic E-state index is -4.17. The fourth-order valence-electron chi connectivity index (χ4n) is 1.01. The summed E-state index contributed by atoms with van der Waals surface area (Å²) in [6.07, 6.45) is 0. The first-order valence-electron chi connectivity index (χ1n) is 4.71. The first-order chi connectivity index (χ1) is 8.69. The highest BCUT2D eigenvalue weighted by molar-refractivity contribution is 7.83. The second-order valence-corrected chi connectivity index (χ2v) is 4.11. The van der Waals surface area contributed by atoms with E-state index >= 15 is 0 Å². The van der Waals surface area contributed by atoms with Crippen LogP contribution in [-0.4, -0.2) is 39.1 Å². The van der Waals surface area contributed by atoms with E-state index in [4.69, 9.17) is 13.0 Å². The molecular weight excluding hydrogens is 278 g/mol. The maximum atomic E-state index is 11.1. The van der Waals surface area contributed by atoms with Gasteiger partial charge in [0.15, 0.2) is 0 Å². The van der Waals surface area contributed by atoms with Crippen molar-refractivity contribution in [3.8, 4) is 0 Å². The number of carbonyl (C=O) groups is 2. The summed E-state index contributed by atoms with van der Waals surface area (Å²) in [6.45, 7) is 0. The summed E-state index contributed by atoms with van der Waals surface area (Å²) in [6, 6.07) is 6.16. The lowest BCUT2D eigenvalue weighted by Crippen LogP contribution is -2.08. The Hall–Kier alpha value is -1.97. The first-order valence-corrected chi connectivity index (χ1v) is 6.21. The first kappa shape index (κ1) is 17.0. The van der Waals surface area contributed by atoms with Gasteiger partial charge >= 0.3 is 22.2 Å². The molecule has 9 heteroatoms. The summed E-state index contributed by atoms with van der Waals surface area (Å²) in [7, 11) is -1.60. The normalized spacial score (nSPS) is 9.89. The largest absolute Gasteiger partial charge is 0.465 e. The molecule has 0 saturated carbocycles. The Labute approximate surface area is 110 Å². The number of hydrogen-bond donors (Lipinski definition) is 2. The lowest BCUT2D eigenvalue weighted by molar-refractivity contribution is 0.0599. The fourth-order valence-corrected chi connectivity index (χ4v) is 1.01. The Morgan fingerprint density at radius 3 is 1.68 bits per heavy atom. The molecule has 0 unspecified atom stereocenters. The maximum Gasteiger partial charge on any atom is 0.337 e. The van der Waals surface area contributed by atoms with Crippen LogP contribution in [0.3, 0.4) is 0 Å². The third kappa shape index (κ3) is 7.86. The molecule has 0 radical (unpaired) electrons. The molecule has 8 nitrogen and oxygen atoms in total. The Bertz CT molecular complexity index is 514. The summed E-state index contributed by atoms with van der Waals surface area (Å²) in [5, 5.41) is 3.88. The van der Waals surface area contributed by atoms with Gasteiger partial charge < -0.3 is 9.47 Å². The molecule has 106 valence electrons. The van der Waals surface area contributed by atoms with E-state index in [1.807, 2.05) is 0 Å². The second-order valence-electron chi connectivity index (χ2n) is 3.08. The Morgan fingerprint density at radius 1 is 1.11 bits per heavy atom. The number of hydrogen-bond acceptors (Lipinski definition) is 6. The third-order valence-corrected chi connectivity index (χ3v) is 1.70. The van der Waals surface area contributed by atoms with Gasteiger partial charge in [-0.25, -0.2) is 14.7 Å². The summed E-state index contributed by atoms with van der Waals surface area (Å²) in [5.74, 6) is -0.952. The molecule has 0 aliphatic heterocycles. The standard InChI is InChI=1S/C10H10O4.H3NO3S/c1-13-9(11)7-4-3-5-8(6-7)10(12)14-2;1-5(2,3)4/h3-6H,1-2H3;(H3,1,2,3,4). The fraction of sp³-hybridized carbons (Fsp3) is 0.200. The molecule has 1 aromatic rings. The van der Waals surface area contributed by atoms with Crippen LogP contribution in [-0.2, 0) is 19.8 Å². The number of benzene rings is 1. The SMILES string of the molecule is COC(=O)c1cccc(C(=O)OC)c1.NS(=O)(=O)O. The molecule has 0 aliphatic rings. The summed E-state index contributed by atoms with van der Waals surface area (Å²) >= 11 is 0. The van der Waals surface area contributed by atoms with Crippen LogP contribution in [0.4, 0.5) is 0 Å². The molecule has 0 aliphatic carbocycles. The smallest absolute Gasteiger partial charge is 0.337 e. The van der Waals surface area contributed by atoms with Crippen molar-refractivity contribution in [3.63, 3.8) is 0 Å². The molecule has 0 spiro atoms. The van der Waals surface area contributed by atoms with Crippen LogP contribution in [0.5, 0.6) is 0 Å². The van der Waals surface area contributed by atoms with Crippen molar-refractivity contribution in [1.29, 1.82) is 0 Å². The van der Waals surface area contributed by atoms with E-state index < -0.39 is 22.2 Å². The summed E-state index contributed by atoms with van der Waals surface area (Å²) in [5.41, 5.74) is 0.658. The van der Waals surface area contributed by atoms with Gasteiger partial charge in [0.1, 0.15) is 0 Å². The minimum absolute atomic E-state index is 0.329. The van der Waals surface area contributed by atoms with Crippen molar-refractivity contribution in [1.82, 2.24) is 0 Å². The van der Waals surface area contributed by atoms with E-state index in [2.05, 4.69) is 14.6 Å². The Kier molecular flexibility index (Phi) is 6.69. The van der Waals surface area contributed by atoms with Crippen molar-refractivity contribution < 1.29 is 32.0 Å². The summed E-state index contributed by atoms with van der Waals surface area (Å²) in [4.78, 5) is 22.2. The van der Waals surface area contributed by atoms with Crippen LogP contribution in [0.1, 0.15) is 20.7 Å². The van der Waals surface area contributed by atoms with Crippen molar-refractivity contribution in [2.24, 2.45) is 5.14 Å². The molecule has 1 rings (SSSR count). The molecule has 0 saturated heterocycles. The number of esters is 2. The molecule has 1 aromatic carbocycles. The predicted molar refractivity (Wildman–Crippen MR) is 64.9 cm³/mol. The Balaban J connectivity index is 0.000000555. The van der Waals surface area contributed by atoms with Gasteiger partial charge in [0.05, 0.1) is 25.3 Å². The van der Waals surface area contributed by atoms with Gasteiger partial charge in [-0.3, -0.25) is 4.55 Å². The van der Waals surface area contributed by atoms with Crippen molar-refractivity contribution in [2.75, 3.05) is 14.2 Å². The maximum absolute atomic E-state index is 11.1. The van der Waals surface area contributed by atoms with Crippen LogP contribution in [0.2, 0.25) is 0 Å². The number of carbonyl (C=O) groups excluding carboxylic acids is 2. The number of methoxy groups -OCH3 is 2. The highest BCUT2D eigenvalue weighted by Crippen LogP contribution is 2.07. The van der Waals surface area contributed by atoms with Crippen LogP contribution >= 0.6 is 0 Å².